The lowest BCUT2D eigenvalue weighted by atomic mass is 10.0. The zero-order valence-corrected chi connectivity index (χ0v) is 8.51. The van der Waals surface area contributed by atoms with Gasteiger partial charge in [0, 0.05) is 19.1 Å². The van der Waals surface area contributed by atoms with Crippen molar-refractivity contribution in [2.75, 3.05) is 26.2 Å². The summed E-state index contributed by atoms with van der Waals surface area (Å²) >= 11 is 0. The lowest BCUT2D eigenvalue weighted by Crippen LogP contribution is -2.47. The molecule has 0 radical (unpaired) electrons. The zero-order valence-electron chi connectivity index (χ0n) is 8.51. The van der Waals surface area contributed by atoms with Crippen molar-refractivity contribution in [1.82, 2.24) is 16.0 Å². The molecule has 0 unspecified atom stereocenters. The summed E-state index contributed by atoms with van der Waals surface area (Å²) in [5.74, 6) is 0.445. The van der Waals surface area contributed by atoms with Gasteiger partial charge in [-0.25, -0.2) is 0 Å². The predicted molar refractivity (Wildman–Crippen MR) is 55.0 cm³/mol. The molecule has 1 amide bonds. The van der Waals surface area contributed by atoms with E-state index in [0.717, 1.165) is 39.0 Å². The first-order valence-corrected chi connectivity index (χ1v) is 5.58. The Kier molecular flexibility index (Phi) is 3.37. The van der Waals surface area contributed by atoms with Crippen LogP contribution in [0.2, 0.25) is 0 Å². The molecule has 80 valence electrons. The van der Waals surface area contributed by atoms with Crippen molar-refractivity contribution in [1.29, 1.82) is 0 Å². The molecule has 3 N–H and O–H groups in total. The summed E-state index contributed by atoms with van der Waals surface area (Å²) in [6.45, 7) is 3.87. The van der Waals surface area contributed by atoms with Gasteiger partial charge in [0.05, 0.1) is 5.92 Å². The van der Waals surface area contributed by atoms with Crippen molar-refractivity contribution >= 4 is 5.91 Å². The van der Waals surface area contributed by atoms with Crippen LogP contribution < -0.4 is 16.0 Å². The van der Waals surface area contributed by atoms with Gasteiger partial charge in [-0.1, -0.05) is 0 Å². The van der Waals surface area contributed by atoms with Crippen LogP contribution in [0.4, 0.5) is 0 Å². The third-order valence-electron chi connectivity index (χ3n) is 3.07. The van der Waals surface area contributed by atoms with E-state index in [1.807, 2.05) is 0 Å². The van der Waals surface area contributed by atoms with Gasteiger partial charge in [-0.2, -0.15) is 0 Å². The second-order valence-electron chi connectivity index (χ2n) is 4.24. The molecular weight excluding hydrogens is 178 g/mol. The van der Waals surface area contributed by atoms with E-state index >= 15 is 0 Å². The van der Waals surface area contributed by atoms with Crippen LogP contribution in [-0.2, 0) is 4.79 Å². The molecule has 2 saturated heterocycles. The monoisotopic (exact) mass is 197 g/mol. The highest BCUT2D eigenvalue weighted by atomic mass is 16.2. The normalized spacial score (nSPS) is 32.9. The first-order chi connectivity index (χ1) is 6.86. The molecule has 0 spiro atoms. The van der Waals surface area contributed by atoms with Gasteiger partial charge < -0.3 is 16.0 Å². The molecule has 14 heavy (non-hydrogen) atoms. The lowest BCUT2D eigenvalue weighted by molar-refractivity contribution is -0.125. The first-order valence-electron chi connectivity index (χ1n) is 5.58. The topological polar surface area (TPSA) is 53.2 Å². The van der Waals surface area contributed by atoms with Crippen molar-refractivity contribution in [3.05, 3.63) is 0 Å². The zero-order chi connectivity index (χ0) is 9.80. The smallest absolute Gasteiger partial charge is 0.224 e. The molecule has 0 aromatic carbocycles. The lowest BCUT2D eigenvalue weighted by Gasteiger charge is -2.25. The van der Waals surface area contributed by atoms with Crippen molar-refractivity contribution in [2.24, 2.45) is 5.92 Å². The Bertz CT molecular complexity index is 196. The van der Waals surface area contributed by atoms with Crippen LogP contribution in [0.1, 0.15) is 19.3 Å². The van der Waals surface area contributed by atoms with Crippen LogP contribution in [0.3, 0.4) is 0 Å². The predicted octanol–water partition coefficient (Wildman–Crippen LogP) is -0.536. The van der Waals surface area contributed by atoms with E-state index in [4.69, 9.17) is 0 Å². The quantitative estimate of drug-likeness (QED) is 0.557. The fourth-order valence-corrected chi connectivity index (χ4v) is 2.17. The van der Waals surface area contributed by atoms with Crippen molar-refractivity contribution in [3.63, 3.8) is 0 Å². The Balaban J connectivity index is 1.75. The SMILES string of the molecule is O=C(N[C@@H]1CCCNC1)[C@H]1CCNC1. The number of piperidine rings is 1. The maximum atomic E-state index is 11.7. The third-order valence-corrected chi connectivity index (χ3v) is 3.07. The highest BCUT2D eigenvalue weighted by Gasteiger charge is 2.24. The van der Waals surface area contributed by atoms with Crippen LogP contribution in [-0.4, -0.2) is 38.1 Å². The summed E-state index contributed by atoms with van der Waals surface area (Å²) in [5, 5.41) is 9.63. The maximum Gasteiger partial charge on any atom is 0.224 e. The molecule has 0 bridgehead atoms. The minimum atomic E-state index is 0.205. The molecule has 2 aliphatic rings. The Hall–Kier alpha value is -0.610. The Labute approximate surface area is 84.8 Å². The number of carbonyl (C=O) groups excluding carboxylic acids is 1. The highest BCUT2D eigenvalue weighted by molar-refractivity contribution is 5.79. The van der Waals surface area contributed by atoms with Crippen LogP contribution in [0, 0.1) is 5.92 Å². The Morgan fingerprint density at radius 1 is 1.14 bits per heavy atom. The van der Waals surface area contributed by atoms with Gasteiger partial charge in [0.2, 0.25) is 5.91 Å². The average molecular weight is 197 g/mol. The standard InChI is InChI=1S/C10H19N3O/c14-10(8-3-5-12-6-8)13-9-2-1-4-11-7-9/h8-9,11-12H,1-7H2,(H,13,14)/t8-,9+/m0/s1. The molecular formula is C10H19N3O. The molecule has 0 aliphatic carbocycles. The summed E-state index contributed by atoms with van der Waals surface area (Å²) in [4.78, 5) is 11.7. The van der Waals surface area contributed by atoms with Crippen LogP contribution in [0.5, 0.6) is 0 Å². The fourth-order valence-electron chi connectivity index (χ4n) is 2.17. The number of nitrogens with one attached hydrogen (secondary N) is 3. The molecule has 2 atom stereocenters. The fraction of sp³-hybridized carbons (Fsp3) is 0.900. The summed E-state index contributed by atoms with van der Waals surface area (Å²) in [6.07, 6.45) is 3.29. The summed E-state index contributed by atoms with van der Waals surface area (Å²) < 4.78 is 0. The summed E-state index contributed by atoms with van der Waals surface area (Å²) in [7, 11) is 0. The van der Waals surface area contributed by atoms with Gasteiger partial charge in [0.1, 0.15) is 0 Å². The molecule has 2 heterocycles. The number of rotatable bonds is 2. The van der Waals surface area contributed by atoms with E-state index in [2.05, 4.69) is 16.0 Å². The molecule has 2 fully saturated rings. The third kappa shape index (κ3) is 2.45. The number of hydrogen-bond acceptors (Lipinski definition) is 3. The largest absolute Gasteiger partial charge is 0.352 e. The van der Waals surface area contributed by atoms with Gasteiger partial charge in [0.15, 0.2) is 0 Å². The van der Waals surface area contributed by atoms with E-state index in [1.54, 1.807) is 0 Å². The van der Waals surface area contributed by atoms with E-state index < -0.39 is 0 Å². The van der Waals surface area contributed by atoms with E-state index in [0.29, 0.717) is 6.04 Å². The van der Waals surface area contributed by atoms with E-state index in [1.165, 1.54) is 6.42 Å². The average Bonchev–Trinajstić information content (AvgIpc) is 2.72. The maximum absolute atomic E-state index is 11.7. The van der Waals surface area contributed by atoms with Crippen molar-refractivity contribution in [2.45, 2.75) is 25.3 Å². The second-order valence-corrected chi connectivity index (χ2v) is 4.24. The first kappa shape index (κ1) is 9.93. The van der Waals surface area contributed by atoms with E-state index in [9.17, 15) is 4.79 Å². The highest BCUT2D eigenvalue weighted by Crippen LogP contribution is 2.09. The molecule has 0 aromatic heterocycles. The van der Waals surface area contributed by atoms with Crippen LogP contribution >= 0.6 is 0 Å². The summed E-state index contributed by atoms with van der Waals surface area (Å²) in [6, 6.07) is 0.358. The molecule has 2 aliphatic heterocycles. The van der Waals surface area contributed by atoms with Crippen molar-refractivity contribution < 1.29 is 4.79 Å². The second kappa shape index (κ2) is 4.75. The van der Waals surface area contributed by atoms with E-state index in [-0.39, 0.29) is 11.8 Å². The van der Waals surface area contributed by atoms with Crippen LogP contribution in [0.25, 0.3) is 0 Å². The molecule has 4 heteroatoms. The Morgan fingerprint density at radius 3 is 2.64 bits per heavy atom. The summed E-state index contributed by atoms with van der Waals surface area (Å²) in [5.41, 5.74) is 0. The van der Waals surface area contributed by atoms with Crippen LogP contribution in [0.15, 0.2) is 0 Å². The Morgan fingerprint density at radius 2 is 2.00 bits per heavy atom. The van der Waals surface area contributed by atoms with Gasteiger partial charge in [-0.15, -0.1) is 0 Å². The van der Waals surface area contributed by atoms with Gasteiger partial charge >= 0.3 is 0 Å². The van der Waals surface area contributed by atoms with Crippen molar-refractivity contribution in [3.8, 4) is 0 Å². The number of amides is 1. The van der Waals surface area contributed by atoms with Gasteiger partial charge in [-0.3, -0.25) is 4.79 Å². The van der Waals surface area contributed by atoms with Gasteiger partial charge in [-0.05, 0) is 32.4 Å². The number of carbonyl (C=O) groups is 1. The molecule has 0 aromatic rings. The minimum absolute atomic E-state index is 0.205. The van der Waals surface area contributed by atoms with Gasteiger partial charge in [0.25, 0.3) is 0 Å². The number of hydrogen-bond donors (Lipinski definition) is 3. The minimum Gasteiger partial charge on any atom is -0.352 e. The molecule has 4 nitrogen and oxygen atoms in total. The molecule has 0 saturated carbocycles. The molecule has 2 rings (SSSR count).